The van der Waals surface area contributed by atoms with Gasteiger partial charge in [-0.15, -0.1) is 0 Å². The van der Waals surface area contributed by atoms with Crippen LogP contribution in [0.5, 0.6) is 0 Å². The van der Waals surface area contributed by atoms with Crippen LogP contribution in [0.3, 0.4) is 0 Å². The van der Waals surface area contributed by atoms with Gasteiger partial charge in [0.1, 0.15) is 0 Å². The lowest BCUT2D eigenvalue weighted by atomic mass is 9.93. The van der Waals surface area contributed by atoms with Gasteiger partial charge in [0.15, 0.2) is 0 Å². The third kappa shape index (κ3) is 5.18. The molecule has 1 aromatic heterocycles. The van der Waals surface area contributed by atoms with Gasteiger partial charge >= 0.3 is 6.09 Å². The first kappa shape index (κ1) is 21.8. The molecule has 162 valence electrons. The number of amides is 2. The number of likely N-dealkylation sites (N-methyl/N-ethyl adjacent to an activating group) is 1. The summed E-state index contributed by atoms with van der Waals surface area (Å²) in [5.74, 6) is -0.0105. The van der Waals surface area contributed by atoms with Gasteiger partial charge < -0.3 is 19.9 Å². The number of anilines is 1. The van der Waals surface area contributed by atoms with E-state index < -0.39 is 6.09 Å². The van der Waals surface area contributed by atoms with Gasteiger partial charge in [-0.3, -0.25) is 9.48 Å². The maximum absolute atomic E-state index is 12.2. The summed E-state index contributed by atoms with van der Waals surface area (Å²) in [6.07, 6.45) is 3.86. The van der Waals surface area contributed by atoms with E-state index in [1.54, 1.807) is 11.8 Å². The summed E-state index contributed by atoms with van der Waals surface area (Å²) in [7, 11) is 4.07. The second-order valence-electron chi connectivity index (χ2n) is 8.18. The highest BCUT2D eigenvalue weighted by Crippen LogP contribution is 2.37. The van der Waals surface area contributed by atoms with Crippen molar-refractivity contribution in [1.82, 2.24) is 20.0 Å². The molecule has 0 spiro atoms. The van der Waals surface area contributed by atoms with Crippen LogP contribution in [0.1, 0.15) is 38.8 Å². The minimum Gasteiger partial charge on any atom is -0.447 e. The molecule has 0 saturated heterocycles. The van der Waals surface area contributed by atoms with Crippen molar-refractivity contribution in [2.24, 2.45) is 0 Å². The molecule has 8 heteroatoms. The number of nitrogens with one attached hydrogen (secondary N) is 1. The largest absolute Gasteiger partial charge is 0.447 e. The molecule has 0 saturated carbocycles. The Morgan fingerprint density at radius 2 is 2.07 bits per heavy atom. The van der Waals surface area contributed by atoms with Crippen molar-refractivity contribution in [3.63, 3.8) is 0 Å². The molecular formula is C22H31N5O3. The smallest absolute Gasteiger partial charge is 0.407 e. The first-order chi connectivity index (χ1) is 14.2. The van der Waals surface area contributed by atoms with E-state index in [0.717, 1.165) is 35.5 Å². The number of fused-ring (bicyclic) bond motifs is 1. The summed E-state index contributed by atoms with van der Waals surface area (Å²) in [6, 6.07) is 5.77. The van der Waals surface area contributed by atoms with Crippen LogP contribution in [0, 0.1) is 0 Å². The first-order valence-electron chi connectivity index (χ1n) is 10.3. The molecule has 0 radical (unpaired) electrons. The molecular weight excluding hydrogens is 382 g/mol. The minimum absolute atomic E-state index is 0.0105. The molecule has 1 atom stereocenters. The molecule has 2 amide bonds. The monoisotopic (exact) mass is 413 g/mol. The Bertz CT molecular complexity index is 906. The van der Waals surface area contributed by atoms with E-state index >= 15 is 0 Å². The average molecular weight is 414 g/mol. The normalized spacial score (nSPS) is 16.0. The predicted octanol–water partition coefficient (Wildman–Crippen LogP) is 3.04. The number of hydrogen-bond donors (Lipinski definition) is 1. The molecule has 0 fully saturated rings. The second-order valence-corrected chi connectivity index (χ2v) is 8.18. The number of rotatable bonds is 6. The van der Waals surface area contributed by atoms with E-state index in [1.165, 1.54) is 0 Å². The predicted molar refractivity (Wildman–Crippen MR) is 116 cm³/mol. The van der Waals surface area contributed by atoms with Gasteiger partial charge in [0, 0.05) is 37.5 Å². The lowest BCUT2D eigenvalue weighted by Crippen LogP contribution is -2.40. The molecule has 30 heavy (non-hydrogen) atoms. The summed E-state index contributed by atoms with van der Waals surface area (Å²) >= 11 is 0. The van der Waals surface area contributed by atoms with Gasteiger partial charge in [-0.05, 0) is 57.6 Å². The van der Waals surface area contributed by atoms with Gasteiger partial charge in [0.05, 0.1) is 24.9 Å². The van der Waals surface area contributed by atoms with Gasteiger partial charge in [-0.2, -0.15) is 5.10 Å². The highest BCUT2D eigenvalue weighted by atomic mass is 16.6. The molecule has 0 bridgehead atoms. The first-order valence-corrected chi connectivity index (χ1v) is 10.3. The van der Waals surface area contributed by atoms with E-state index in [9.17, 15) is 9.59 Å². The summed E-state index contributed by atoms with van der Waals surface area (Å²) in [4.78, 5) is 28.2. The Balaban J connectivity index is 1.89. The Morgan fingerprint density at radius 3 is 2.73 bits per heavy atom. The zero-order valence-corrected chi connectivity index (χ0v) is 18.4. The van der Waals surface area contributed by atoms with Gasteiger partial charge in [0.2, 0.25) is 5.91 Å². The number of nitrogens with zero attached hydrogens (tertiary/aromatic N) is 4. The number of aromatic nitrogens is 2. The fraction of sp³-hybridized carbons (Fsp3) is 0.500. The van der Waals surface area contributed by atoms with E-state index in [0.29, 0.717) is 13.0 Å². The molecule has 1 aromatic carbocycles. The number of hydrogen-bond acceptors (Lipinski definition) is 5. The van der Waals surface area contributed by atoms with E-state index in [4.69, 9.17) is 4.74 Å². The molecule has 1 unspecified atom stereocenters. The zero-order valence-electron chi connectivity index (χ0n) is 18.4. The van der Waals surface area contributed by atoms with Crippen molar-refractivity contribution in [1.29, 1.82) is 0 Å². The summed E-state index contributed by atoms with van der Waals surface area (Å²) in [5.41, 5.74) is 3.74. The van der Waals surface area contributed by atoms with Crippen LogP contribution in [-0.2, 0) is 16.1 Å². The SMILES string of the molecule is CC(=O)N1CCC(NC(=O)OC(C)C)c2cc(-c3cnn(CCN(C)C)c3)ccc21. The lowest BCUT2D eigenvalue weighted by molar-refractivity contribution is -0.116. The Kier molecular flexibility index (Phi) is 6.77. The molecule has 1 N–H and O–H groups in total. The Labute approximate surface area is 177 Å². The number of carbonyl (C=O) groups excluding carboxylic acids is 2. The number of benzene rings is 1. The number of carbonyl (C=O) groups is 2. The molecule has 1 aliphatic heterocycles. The van der Waals surface area contributed by atoms with Crippen molar-refractivity contribution in [3.05, 3.63) is 36.2 Å². The van der Waals surface area contributed by atoms with Gasteiger partial charge in [0.25, 0.3) is 0 Å². The summed E-state index contributed by atoms with van der Waals surface area (Å²) < 4.78 is 7.18. The minimum atomic E-state index is -0.445. The van der Waals surface area contributed by atoms with Crippen LogP contribution < -0.4 is 10.2 Å². The van der Waals surface area contributed by atoms with Gasteiger partial charge in [-0.25, -0.2) is 4.79 Å². The number of alkyl carbamates (subject to hydrolysis) is 1. The Morgan fingerprint density at radius 1 is 1.30 bits per heavy atom. The highest BCUT2D eigenvalue weighted by Gasteiger charge is 2.29. The van der Waals surface area contributed by atoms with E-state index in [2.05, 4.69) is 15.3 Å². The zero-order chi connectivity index (χ0) is 21.8. The van der Waals surface area contributed by atoms with Crippen molar-refractivity contribution in [3.8, 4) is 11.1 Å². The third-order valence-electron chi connectivity index (χ3n) is 5.09. The van der Waals surface area contributed by atoms with E-state index in [-0.39, 0.29) is 18.1 Å². The van der Waals surface area contributed by atoms with Crippen molar-refractivity contribution < 1.29 is 14.3 Å². The van der Waals surface area contributed by atoms with Crippen LogP contribution in [0.15, 0.2) is 30.6 Å². The molecule has 8 nitrogen and oxygen atoms in total. The van der Waals surface area contributed by atoms with Crippen molar-refractivity contribution in [2.45, 2.75) is 45.9 Å². The quantitative estimate of drug-likeness (QED) is 0.787. The second kappa shape index (κ2) is 9.30. The molecule has 2 heterocycles. The van der Waals surface area contributed by atoms with Crippen molar-refractivity contribution >= 4 is 17.7 Å². The molecule has 1 aliphatic rings. The lowest BCUT2D eigenvalue weighted by Gasteiger charge is -2.34. The van der Waals surface area contributed by atoms with Crippen LogP contribution in [0.25, 0.3) is 11.1 Å². The highest BCUT2D eigenvalue weighted by molar-refractivity contribution is 5.93. The van der Waals surface area contributed by atoms with Crippen LogP contribution >= 0.6 is 0 Å². The van der Waals surface area contributed by atoms with Gasteiger partial charge in [-0.1, -0.05) is 6.07 Å². The fourth-order valence-corrected chi connectivity index (χ4v) is 3.60. The topological polar surface area (TPSA) is 79.7 Å². The molecule has 0 aliphatic carbocycles. The standard InChI is InChI=1S/C22H31N5O3/c1-15(2)30-22(29)24-20-8-9-27(16(3)28)21-7-6-17(12-19(20)21)18-13-23-26(14-18)11-10-25(4)5/h6-7,12-15,20H,8-11H2,1-5H3,(H,24,29). The summed E-state index contributed by atoms with van der Waals surface area (Å²) in [6.45, 7) is 7.46. The Hall–Kier alpha value is -2.87. The summed E-state index contributed by atoms with van der Waals surface area (Å²) in [5, 5.41) is 7.41. The molecule has 3 rings (SSSR count). The fourth-order valence-electron chi connectivity index (χ4n) is 3.60. The maximum atomic E-state index is 12.2. The maximum Gasteiger partial charge on any atom is 0.407 e. The van der Waals surface area contributed by atoms with Crippen LogP contribution in [0.2, 0.25) is 0 Å². The average Bonchev–Trinajstić information content (AvgIpc) is 3.14. The van der Waals surface area contributed by atoms with Crippen LogP contribution in [-0.4, -0.2) is 60.0 Å². The number of ether oxygens (including phenoxy) is 1. The third-order valence-corrected chi connectivity index (χ3v) is 5.09. The van der Waals surface area contributed by atoms with E-state index in [1.807, 2.05) is 63.2 Å². The molecule has 2 aromatic rings. The van der Waals surface area contributed by atoms with Crippen LogP contribution in [0.4, 0.5) is 10.5 Å². The van der Waals surface area contributed by atoms with Crippen molar-refractivity contribution in [2.75, 3.05) is 32.1 Å².